The van der Waals surface area contributed by atoms with Crippen LogP contribution in [0.2, 0.25) is 0 Å². The van der Waals surface area contributed by atoms with Crippen LogP contribution in [-0.2, 0) is 9.47 Å². The number of nitrogen functional groups attached to an aromatic ring is 1. The number of hydrogen-bond acceptors (Lipinski definition) is 9. The van der Waals surface area contributed by atoms with E-state index in [1.165, 1.54) is 12.7 Å². The predicted octanol–water partition coefficient (Wildman–Crippen LogP) is 0.534. The maximum atomic E-state index is 10.7. The maximum Gasteiger partial charge on any atom is 0.167 e. The Morgan fingerprint density at radius 3 is 2.81 bits per heavy atom. The van der Waals surface area contributed by atoms with E-state index >= 15 is 0 Å². The number of hydrogen-bond donors (Lipinski definition) is 4. The third-order valence-corrected chi connectivity index (χ3v) is 4.83. The van der Waals surface area contributed by atoms with Crippen molar-refractivity contribution in [1.29, 1.82) is 0 Å². The van der Waals surface area contributed by atoms with Gasteiger partial charge in [0.25, 0.3) is 0 Å². The fourth-order valence-corrected chi connectivity index (χ4v) is 3.37. The van der Waals surface area contributed by atoms with Gasteiger partial charge in [-0.1, -0.05) is 12.8 Å². The summed E-state index contributed by atoms with van der Waals surface area (Å²) in [6.45, 7) is 0.252. The number of aromatic nitrogens is 4. The predicted molar refractivity (Wildman–Crippen MR) is 98.8 cm³/mol. The molecule has 144 valence electrons. The molecule has 4 N–H and O–H groups in total. The van der Waals surface area contributed by atoms with Gasteiger partial charge in [-0.2, -0.15) is 12.6 Å². The van der Waals surface area contributed by atoms with Gasteiger partial charge >= 0.3 is 0 Å². The quantitative estimate of drug-likeness (QED) is 0.365. The van der Waals surface area contributed by atoms with Crippen molar-refractivity contribution in [3.05, 3.63) is 12.7 Å². The molecule has 3 rings (SSSR count). The van der Waals surface area contributed by atoms with Crippen LogP contribution in [0.25, 0.3) is 11.2 Å². The number of rotatable bonds is 9. The standard InChI is InChI=1S/C16H25N5O4S/c17-14-11-15(19-8-18-14)21(9-20-11)16-12(23)13(10(7-22)25-16)24-5-3-1-2-4-6-26/h8-10,12-13,16,22-23,26H,1-7H2,(H2,17,18,19)/t10-,12?,13?,16-/m1/s1. The molecule has 4 atom stereocenters. The minimum atomic E-state index is -0.960. The Kier molecular flexibility index (Phi) is 6.65. The maximum absolute atomic E-state index is 10.7. The van der Waals surface area contributed by atoms with Crippen LogP contribution in [0.1, 0.15) is 31.9 Å². The van der Waals surface area contributed by atoms with Crippen molar-refractivity contribution >= 4 is 29.6 Å². The molecule has 0 aliphatic carbocycles. The molecule has 10 heteroatoms. The van der Waals surface area contributed by atoms with Gasteiger partial charge in [-0.15, -0.1) is 0 Å². The van der Waals surface area contributed by atoms with Crippen LogP contribution in [0.3, 0.4) is 0 Å². The number of aliphatic hydroxyl groups is 2. The smallest absolute Gasteiger partial charge is 0.167 e. The van der Waals surface area contributed by atoms with E-state index in [1.807, 2.05) is 0 Å². The number of anilines is 1. The molecule has 0 amide bonds. The molecule has 2 aromatic heterocycles. The molecule has 1 saturated heterocycles. The average Bonchev–Trinajstić information content (AvgIpc) is 3.20. The summed E-state index contributed by atoms with van der Waals surface area (Å²) in [7, 11) is 0. The van der Waals surface area contributed by atoms with Gasteiger partial charge in [0.05, 0.1) is 12.9 Å². The monoisotopic (exact) mass is 383 g/mol. The third-order valence-electron chi connectivity index (χ3n) is 4.51. The highest BCUT2D eigenvalue weighted by molar-refractivity contribution is 7.80. The van der Waals surface area contributed by atoms with Gasteiger partial charge in [0.1, 0.15) is 30.2 Å². The molecule has 3 heterocycles. The Morgan fingerprint density at radius 2 is 2.04 bits per heavy atom. The van der Waals surface area contributed by atoms with Crippen LogP contribution in [-0.4, -0.2) is 67.0 Å². The van der Waals surface area contributed by atoms with Crippen molar-refractivity contribution in [2.24, 2.45) is 0 Å². The van der Waals surface area contributed by atoms with Crippen LogP contribution >= 0.6 is 12.6 Å². The molecule has 2 unspecified atom stereocenters. The molecule has 2 aromatic rings. The summed E-state index contributed by atoms with van der Waals surface area (Å²) in [5.74, 6) is 1.14. The van der Waals surface area contributed by atoms with Gasteiger partial charge in [0.2, 0.25) is 0 Å². The molecule has 0 spiro atoms. The first-order chi connectivity index (χ1) is 12.7. The van der Waals surface area contributed by atoms with Crippen LogP contribution < -0.4 is 5.73 Å². The van der Waals surface area contributed by atoms with Crippen molar-refractivity contribution in [3.63, 3.8) is 0 Å². The highest BCUT2D eigenvalue weighted by Crippen LogP contribution is 2.33. The number of nitrogens with zero attached hydrogens (tertiary/aromatic N) is 4. The molecule has 0 aromatic carbocycles. The lowest BCUT2D eigenvalue weighted by molar-refractivity contribution is -0.0609. The van der Waals surface area contributed by atoms with Gasteiger partial charge in [0.15, 0.2) is 17.7 Å². The highest BCUT2D eigenvalue weighted by Gasteiger charge is 2.45. The van der Waals surface area contributed by atoms with E-state index in [1.54, 1.807) is 4.57 Å². The number of nitrogens with two attached hydrogens (primary N) is 1. The normalized spacial score (nSPS) is 26.0. The van der Waals surface area contributed by atoms with Crippen LogP contribution in [0.4, 0.5) is 5.82 Å². The zero-order valence-electron chi connectivity index (χ0n) is 14.4. The van der Waals surface area contributed by atoms with E-state index < -0.39 is 24.5 Å². The molecule has 0 saturated carbocycles. The number of fused-ring (bicyclic) bond motifs is 1. The fourth-order valence-electron chi connectivity index (χ4n) is 3.15. The summed E-state index contributed by atoms with van der Waals surface area (Å²) in [6, 6.07) is 0. The van der Waals surface area contributed by atoms with Crippen molar-refractivity contribution in [1.82, 2.24) is 19.5 Å². The molecule has 0 radical (unpaired) electrons. The van der Waals surface area contributed by atoms with Gasteiger partial charge in [-0.3, -0.25) is 4.57 Å². The average molecular weight is 383 g/mol. The molecule has 1 fully saturated rings. The van der Waals surface area contributed by atoms with Crippen molar-refractivity contribution < 1.29 is 19.7 Å². The van der Waals surface area contributed by atoms with E-state index in [0.717, 1.165) is 31.4 Å². The second kappa shape index (κ2) is 8.96. The van der Waals surface area contributed by atoms with E-state index in [-0.39, 0.29) is 12.4 Å². The number of imidazole rings is 1. The Labute approximate surface area is 157 Å². The van der Waals surface area contributed by atoms with Crippen molar-refractivity contribution in [3.8, 4) is 0 Å². The zero-order valence-corrected chi connectivity index (χ0v) is 15.3. The van der Waals surface area contributed by atoms with E-state index in [4.69, 9.17) is 15.2 Å². The van der Waals surface area contributed by atoms with Gasteiger partial charge in [-0.25, -0.2) is 15.0 Å². The first-order valence-electron chi connectivity index (χ1n) is 8.77. The van der Waals surface area contributed by atoms with Gasteiger partial charge in [-0.05, 0) is 18.6 Å². The first kappa shape index (κ1) is 19.3. The minimum absolute atomic E-state index is 0.248. The molecule has 0 bridgehead atoms. The van der Waals surface area contributed by atoms with Crippen LogP contribution in [0.15, 0.2) is 12.7 Å². The lowest BCUT2D eigenvalue weighted by atomic mass is 10.1. The van der Waals surface area contributed by atoms with Gasteiger partial charge in [0, 0.05) is 6.61 Å². The van der Waals surface area contributed by atoms with E-state index in [2.05, 4.69) is 27.6 Å². The summed E-state index contributed by atoms with van der Waals surface area (Å²) in [5, 5.41) is 20.3. The largest absolute Gasteiger partial charge is 0.394 e. The summed E-state index contributed by atoms with van der Waals surface area (Å²) < 4.78 is 13.2. The molecular formula is C16H25N5O4S. The van der Waals surface area contributed by atoms with Crippen LogP contribution in [0, 0.1) is 0 Å². The summed E-state index contributed by atoms with van der Waals surface area (Å²) in [5.41, 5.74) is 6.71. The Hall–Kier alpha value is -1.46. The lowest BCUT2D eigenvalue weighted by Crippen LogP contribution is -2.36. The topological polar surface area (TPSA) is 129 Å². The number of unbranched alkanes of at least 4 members (excludes halogenated alkanes) is 3. The second-order valence-electron chi connectivity index (χ2n) is 6.29. The molecular weight excluding hydrogens is 358 g/mol. The SMILES string of the molecule is Nc1ncnc2c1ncn2[C@@H]1O[C@H](CO)C(OCCCCCCS)C1O. The van der Waals surface area contributed by atoms with Crippen molar-refractivity contribution in [2.45, 2.75) is 50.2 Å². The van der Waals surface area contributed by atoms with E-state index in [9.17, 15) is 10.2 Å². The van der Waals surface area contributed by atoms with Crippen LogP contribution in [0.5, 0.6) is 0 Å². The van der Waals surface area contributed by atoms with Crippen molar-refractivity contribution in [2.75, 3.05) is 24.7 Å². The number of aliphatic hydroxyl groups excluding tert-OH is 2. The van der Waals surface area contributed by atoms with E-state index in [0.29, 0.717) is 17.8 Å². The molecule has 9 nitrogen and oxygen atoms in total. The third kappa shape index (κ3) is 3.94. The summed E-state index contributed by atoms with van der Waals surface area (Å²) in [6.07, 6.45) is 3.98. The zero-order chi connectivity index (χ0) is 18.5. The lowest BCUT2D eigenvalue weighted by Gasteiger charge is -2.20. The number of thiol groups is 1. The molecule has 1 aliphatic rings. The fraction of sp³-hybridized carbons (Fsp3) is 0.688. The Balaban J connectivity index is 1.67. The summed E-state index contributed by atoms with van der Waals surface area (Å²) in [4.78, 5) is 12.3. The highest BCUT2D eigenvalue weighted by atomic mass is 32.1. The Bertz CT molecular complexity index is 715. The minimum Gasteiger partial charge on any atom is -0.394 e. The van der Waals surface area contributed by atoms with Gasteiger partial charge < -0.3 is 25.4 Å². The first-order valence-corrected chi connectivity index (χ1v) is 9.40. The number of ether oxygens (including phenoxy) is 2. The summed E-state index contributed by atoms with van der Waals surface area (Å²) >= 11 is 4.19. The molecule has 1 aliphatic heterocycles. The molecule has 26 heavy (non-hydrogen) atoms. The Morgan fingerprint density at radius 1 is 1.23 bits per heavy atom. The second-order valence-corrected chi connectivity index (χ2v) is 6.74.